The largest absolute Gasteiger partial charge is 0.383 e. The highest BCUT2D eigenvalue weighted by atomic mass is 15.3. The fraction of sp³-hybridized carbons (Fsp3) is 0.538. The number of aromatic nitrogens is 4. The summed E-state index contributed by atoms with van der Waals surface area (Å²) < 4.78 is 3.85. The zero-order chi connectivity index (χ0) is 13.7. The third-order valence-electron chi connectivity index (χ3n) is 3.02. The van der Waals surface area contributed by atoms with Crippen LogP contribution in [0.2, 0.25) is 0 Å². The summed E-state index contributed by atoms with van der Waals surface area (Å²) >= 11 is 0. The van der Waals surface area contributed by atoms with Gasteiger partial charge in [-0.2, -0.15) is 5.10 Å². The lowest BCUT2D eigenvalue weighted by Gasteiger charge is -2.24. The van der Waals surface area contributed by atoms with Gasteiger partial charge in [0.2, 0.25) is 0 Å². The van der Waals surface area contributed by atoms with Crippen molar-refractivity contribution in [1.82, 2.24) is 19.3 Å². The van der Waals surface area contributed by atoms with Gasteiger partial charge in [-0.25, -0.2) is 4.98 Å². The Morgan fingerprint density at radius 1 is 1.22 bits per heavy atom. The molecule has 0 aliphatic heterocycles. The van der Waals surface area contributed by atoms with E-state index >= 15 is 0 Å². The van der Waals surface area contributed by atoms with Crippen LogP contribution in [-0.2, 0) is 12.6 Å². The van der Waals surface area contributed by atoms with Crippen LogP contribution in [0.5, 0.6) is 0 Å². The van der Waals surface area contributed by atoms with E-state index in [-0.39, 0.29) is 5.54 Å². The zero-order valence-corrected chi connectivity index (χ0v) is 11.9. The van der Waals surface area contributed by atoms with E-state index in [0.717, 1.165) is 22.8 Å². The van der Waals surface area contributed by atoms with Crippen molar-refractivity contribution < 1.29 is 0 Å². The molecule has 0 aliphatic rings. The molecular weight excluding hydrogens is 226 g/mol. The molecule has 2 aromatic heterocycles. The van der Waals surface area contributed by atoms with Gasteiger partial charge >= 0.3 is 0 Å². The van der Waals surface area contributed by atoms with Crippen LogP contribution < -0.4 is 5.73 Å². The number of hydrogen-bond acceptors (Lipinski definition) is 3. The maximum atomic E-state index is 6.26. The van der Waals surface area contributed by atoms with Crippen molar-refractivity contribution in [1.29, 1.82) is 0 Å². The molecule has 0 atom stereocenters. The number of nitrogen functional groups attached to an aromatic ring is 1. The molecule has 0 aliphatic carbocycles. The Morgan fingerprint density at radius 3 is 2.22 bits per heavy atom. The van der Waals surface area contributed by atoms with Gasteiger partial charge in [-0.15, -0.1) is 0 Å². The van der Waals surface area contributed by atoms with Gasteiger partial charge in [-0.3, -0.25) is 4.68 Å². The van der Waals surface area contributed by atoms with Crippen LogP contribution in [-0.4, -0.2) is 19.3 Å². The van der Waals surface area contributed by atoms with Gasteiger partial charge in [-0.1, -0.05) is 0 Å². The molecule has 98 valence electrons. The van der Waals surface area contributed by atoms with Crippen LogP contribution in [0.15, 0.2) is 6.20 Å². The number of hydrogen-bond donors (Lipinski definition) is 1. The van der Waals surface area contributed by atoms with Gasteiger partial charge in [0.25, 0.3) is 0 Å². The van der Waals surface area contributed by atoms with E-state index in [0.29, 0.717) is 5.82 Å². The predicted molar refractivity (Wildman–Crippen MR) is 73.3 cm³/mol. The zero-order valence-electron chi connectivity index (χ0n) is 11.9. The van der Waals surface area contributed by atoms with Crippen LogP contribution in [0, 0.1) is 13.8 Å². The summed E-state index contributed by atoms with van der Waals surface area (Å²) in [5.74, 6) is 1.63. The van der Waals surface area contributed by atoms with E-state index in [9.17, 15) is 0 Å². The number of imidazole rings is 1. The molecule has 0 bridgehead atoms. The van der Waals surface area contributed by atoms with E-state index < -0.39 is 0 Å². The molecule has 5 heteroatoms. The molecule has 2 N–H and O–H groups in total. The second-order valence-corrected chi connectivity index (χ2v) is 5.70. The Balaban J connectivity index is 2.65. The smallest absolute Gasteiger partial charge is 0.132 e. The summed E-state index contributed by atoms with van der Waals surface area (Å²) in [6.45, 7) is 10.3. The Labute approximate surface area is 108 Å². The predicted octanol–water partition coefficient (Wildman–Crippen LogP) is 2.24. The molecule has 5 nitrogen and oxygen atoms in total. The number of nitrogens with zero attached hydrogens (tertiary/aromatic N) is 4. The minimum absolute atomic E-state index is 0.0739. The van der Waals surface area contributed by atoms with Crippen molar-refractivity contribution in [2.45, 2.75) is 40.2 Å². The number of rotatable bonds is 1. The van der Waals surface area contributed by atoms with Gasteiger partial charge in [0.05, 0.1) is 5.69 Å². The lowest BCUT2D eigenvalue weighted by atomic mass is 10.1. The molecule has 0 amide bonds. The van der Waals surface area contributed by atoms with Crippen LogP contribution >= 0.6 is 0 Å². The Hall–Kier alpha value is -1.78. The van der Waals surface area contributed by atoms with Crippen molar-refractivity contribution >= 4 is 5.82 Å². The average molecular weight is 247 g/mol. The summed E-state index contributed by atoms with van der Waals surface area (Å²) in [5.41, 5.74) is 8.96. The van der Waals surface area contributed by atoms with Crippen molar-refractivity contribution in [2.24, 2.45) is 7.05 Å². The second kappa shape index (κ2) is 3.86. The summed E-state index contributed by atoms with van der Waals surface area (Å²) in [4.78, 5) is 4.61. The molecule has 2 rings (SSSR count). The normalized spacial score (nSPS) is 12.1. The lowest BCUT2D eigenvalue weighted by molar-refractivity contribution is 0.393. The average Bonchev–Trinajstić information content (AvgIpc) is 2.65. The molecular formula is C13H21N5. The minimum Gasteiger partial charge on any atom is -0.383 e. The van der Waals surface area contributed by atoms with E-state index in [1.54, 1.807) is 4.68 Å². The Kier molecular flexibility index (Phi) is 2.72. The molecule has 0 saturated heterocycles. The van der Waals surface area contributed by atoms with Gasteiger partial charge < -0.3 is 10.3 Å². The molecule has 0 unspecified atom stereocenters. The fourth-order valence-electron chi connectivity index (χ4n) is 2.43. The summed E-state index contributed by atoms with van der Waals surface area (Å²) in [6.07, 6.45) is 1.96. The third-order valence-corrected chi connectivity index (χ3v) is 3.02. The molecule has 0 spiro atoms. The molecule has 2 aromatic rings. The monoisotopic (exact) mass is 247 g/mol. The standard InChI is InChI=1S/C13H21N5/c1-8-10(7-17(6)16-8)11-12(14)18(9(2)15-11)13(3,4)5/h7H,14H2,1-6H3. The van der Waals surface area contributed by atoms with Crippen molar-refractivity contribution in [3.63, 3.8) is 0 Å². The maximum absolute atomic E-state index is 6.26. The highest BCUT2D eigenvalue weighted by Gasteiger charge is 2.23. The molecule has 0 aromatic carbocycles. The van der Waals surface area contributed by atoms with E-state index in [2.05, 4.69) is 35.4 Å². The van der Waals surface area contributed by atoms with Crippen LogP contribution in [0.4, 0.5) is 5.82 Å². The summed E-state index contributed by atoms with van der Waals surface area (Å²) in [6, 6.07) is 0. The number of anilines is 1. The van der Waals surface area contributed by atoms with E-state index in [1.165, 1.54) is 0 Å². The first-order chi connectivity index (χ1) is 8.21. The highest BCUT2D eigenvalue weighted by Crippen LogP contribution is 2.32. The van der Waals surface area contributed by atoms with Gasteiger partial charge in [-0.05, 0) is 34.6 Å². The van der Waals surface area contributed by atoms with Crippen molar-refractivity contribution in [2.75, 3.05) is 5.73 Å². The summed E-state index contributed by atoms with van der Waals surface area (Å²) in [5, 5.41) is 4.34. The molecule has 0 radical (unpaired) electrons. The third kappa shape index (κ3) is 1.89. The quantitative estimate of drug-likeness (QED) is 0.840. The topological polar surface area (TPSA) is 61.7 Å². The van der Waals surface area contributed by atoms with E-state index in [1.807, 2.05) is 27.1 Å². The number of nitrogens with two attached hydrogens (primary N) is 1. The first-order valence-corrected chi connectivity index (χ1v) is 6.07. The van der Waals surface area contributed by atoms with Gasteiger partial charge in [0.15, 0.2) is 0 Å². The van der Waals surface area contributed by atoms with Gasteiger partial charge in [0, 0.05) is 24.3 Å². The first kappa shape index (κ1) is 12.7. The van der Waals surface area contributed by atoms with Crippen molar-refractivity contribution in [3.8, 4) is 11.3 Å². The number of aryl methyl sites for hydroxylation is 3. The maximum Gasteiger partial charge on any atom is 0.132 e. The van der Waals surface area contributed by atoms with Crippen LogP contribution in [0.3, 0.4) is 0 Å². The molecule has 18 heavy (non-hydrogen) atoms. The SMILES string of the molecule is Cc1nn(C)cc1-c1nc(C)n(C(C)(C)C)c1N. The van der Waals surface area contributed by atoms with Crippen LogP contribution in [0.1, 0.15) is 32.3 Å². The van der Waals surface area contributed by atoms with Crippen LogP contribution in [0.25, 0.3) is 11.3 Å². The minimum atomic E-state index is -0.0739. The van der Waals surface area contributed by atoms with Crippen molar-refractivity contribution in [3.05, 3.63) is 17.7 Å². The van der Waals surface area contributed by atoms with Gasteiger partial charge in [0.1, 0.15) is 17.3 Å². The van der Waals surface area contributed by atoms with E-state index in [4.69, 9.17) is 5.73 Å². The summed E-state index contributed by atoms with van der Waals surface area (Å²) in [7, 11) is 1.90. The fourth-order valence-corrected chi connectivity index (χ4v) is 2.43. The second-order valence-electron chi connectivity index (χ2n) is 5.70. The Morgan fingerprint density at radius 2 is 1.83 bits per heavy atom. The Bertz CT molecular complexity index is 583. The first-order valence-electron chi connectivity index (χ1n) is 6.07. The molecule has 0 saturated carbocycles. The highest BCUT2D eigenvalue weighted by molar-refractivity contribution is 5.72. The molecule has 0 fully saturated rings. The molecule has 2 heterocycles. The lowest BCUT2D eigenvalue weighted by Crippen LogP contribution is -2.24.